The Morgan fingerprint density at radius 2 is 2.00 bits per heavy atom. The highest BCUT2D eigenvalue weighted by atomic mass is 32.2. The summed E-state index contributed by atoms with van der Waals surface area (Å²) in [6.07, 6.45) is 1.11. The third-order valence-electron chi connectivity index (χ3n) is 4.95. The van der Waals surface area contributed by atoms with E-state index in [0.29, 0.717) is 12.5 Å². The number of anilines is 1. The molecule has 4 nitrogen and oxygen atoms in total. The Kier molecular flexibility index (Phi) is 6.29. The third-order valence-corrected chi connectivity index (χ3v) is 6.69. The summed E-state index contributed by atoms with van der Waals surface area (Å²) in [7, 11) is 0. The van der Waals surface area contributed by atoms with Crippen molar-refractivity contribution in [2.24, 2.45) is 5.92 Å². The quantitative estimate of drug-likeness (QED) is 0.575. The van der Waals surface area contributed by atoms with Crippen molar-refractivity contribution in [1.29, 1.82) is 0 Å². The number of amides is 1. The van der Waals surface area contributed by atoms with Crippen molar-refractivity contribution >= 4 is 34.7 Å². The first-order valence-electron chi connectivity index (χ1n) is 9.46. The maximum atomic E-state index is 12.8. The van der Waals surface area contributed by atoms with Crippen molar-refractivity contribution in [3.05, 3.63) is 76.7 Å². The van der Waals surface area contributed by atoms with Crippen molar-refractivity contribution < 1.29 is 4.79 Å². The first kappa shape index (κ1) is 19.0. The summed E-state index contributed by atoms with van der Waals surface area (Å²) in [6.45, 7) is 2.75. The molecule has 0 radical (unpaired) electrons. The van der Waals surface area contributed by atoms with E-state index < -0.39 is 0 Å². The molecule has 2 heterocycles. The van der Waals surface area contributed by atoms with Gasteiger partial charge in [0.15, 0.2) is 0 Å². The van der Waals surface area contributed by atoms with Crippen LogP contribution in [0.1, 0.15) is 22.5 Å². The van der Waals surface area contributed by atoms with Crippen LogP contribution in [0.4, 0.5) is 5.69 Å². The van der Waals surface area contributed by atoms with E-state index in [1.165, 1.54) is 5.69 Å². The molecule has 0 aliphatic carbocycles. The monoisotopic (exact) mass is 409 g/mol. The standard InChI is InChI=1S/C22H23N3OS2/c26-22(20-8-4-5-9-21(20)28-15-18-14-27-16-24-18)23-12-17-10-11-25(13-17)19-6-2-1-3-7-19/h1-9,14,16-17H,10-13,15H2,(H,23,26). The van der Waals surface area contributed by atoms with Gasteiger partial charge in [-0.2, -0.15) is 0 Å². The summed E-state index contributed by atoms with van der Waals surface area (Å²) in [4.78, 5) is 20.5. The lowest BCUT2D eigenvalue weighted by atomic mass is 10.1. The van der Waals surface area contributed by atoms with Gasteiger partial charge in [0.05, 0.1) is 16.8 Å². The maximum absolute atomic E-state index is 12.8. The molecule has 1 N–H and O–H groups in total. The molecule has 1 amide bonds. The number of thioether (sulfide) groups is 1. The van der Waals surface area contributed by atoms with Crippen LogP contribution in [-0.2, 0) is 5.75 Å². The van der Waals surface area contributed by atoms with E-state index in [0.717, 1.165) is 41.4 Å². The van der Waals surface area contributed by atoms with Crippen LogP contribution in [0.2, 0.25) is 0 Å². The van der Waals surface area contributed by atoms with Crippen molar-refractivity contribution in [2.45, 2.75) is 17.1 Å². The predicted molar refractivity (Wildman–Crippen MR) is 117 cm³/mol. The molecule has 6 heteroatoms. The van der Waals surface area contributed by atoms with E-state index in [1.54, 1.807) is 23.1 Å². The highest BCUT2D eigenvalue weighted by Crippen LogP contribution is 2.27. The van der Waals surface area contributed by atoms with Gasteiger partial charge in [-0.15, -0.1) is 23.1 Å². The van der Waals surface area contributed by atoms with Gasteiger partial charge >= 0.3 is 0 Å². The fraction of sp³-hybridized carbons (Fsp3) is 0.273. The predicted octanol–water partition coefficient (Wildman–Crippen LogP) is 4.69. The molecule has 1 fully saturated rings. The normalized spacial score (nSPS) is 16.3. The molecule has 1 aromatic heterocycles. The molecule has 0 spiro atoms. The van der Waals surface area contributed by atoms with E-state index >= 15 is 0 Å². The zero-order valence-corrected chi connectivity index (χ0v) is 17.2. The zero-order chi connectivity index (χ0) is 19.2. The van der Waals surface area contributed by atoms with Crippen LogP contribution in [0.5, 0.6) is 0 Å². The van der Waals surface area contributed by atoms with Gasteiger partial charge in [0, 0.05) is 41.4 Å². The maximum Gasteiger partial charge on any atom is 0.252 e. The van der Waals surface area contributed by atoms with Crippen LogP contribution in [0, 0.1) is 5.92 Å². The second-order valence-corrected chi connectivity index (χ2v) is 8.65. The average Bonchev–Trinajstić information content (AvgIpc) is 3.43. The second kappa shape index (κ2) is 9.26. The number of benzene rings is 2. The number of hydrogen-bond acceptors (Lipinski definition) is 5. The van der Waals surface area contributed by atoms with Crippen molar-refractivity contribution in [3.63, 3.8) is 0 Å². The summed E-state index contributed by atoms with van der Waals surface area (Å²) >= 11 is 3.26. The largest absolute Gasteiger partial charge is 0.371 e. The number of nitrogens with one attached hydrogen (secondary N) is 1. The summed E-state index contributed by atoms with van der Waals surface area (Å²) in [5, 5.41) is 5.20. The molecule has 1 unspecified atom stereocenters. The molecular weight excluding hydrogens is 386 g/mol. The highest BCUT2D eigenvalue weighted by Gasteiger charge is 2.23. The fourth-order valence-corrected chi connectivity index (χ4v) is 5.06. The third kappa shape index (κ3) is 4.75. The number of hydrogen-bond donors (Lipinski definition) is 1. The van der Waals surface area contributed by atoms with Crippen LogP contribution in [-0.4, -0.2) is 30.5 Å². The molecule has 1 saturated heterocycles. The second-order valence-electron chi connectivity index (χ2n) is 6.91. The van der Waals surface area contributed by atoms with Crippen LogP contribution in [0.3, 0.4) is 0 Å². The van der Waals surface area contributed by atoms with Crippen molar-refractivity contribution in [3.8, 4) is 0 Å². The highest BCUT2D eigenvalue weighted by molar-refractivity contribution is 7.98. The van der Waals surface area contributed by atoms with E-state index in [1.807, 2.05) is 41.2 Å². The molecule has 0 bridgehead atoms. The summed E-state index contributed by atoms with van der Waals surface area (Å²) in [5.41, 5.74) is 4.91. The summed E-state index contributed by atoms with van der Waals surface area (Å²) < 4.78 is 0. The number of thiazole rings is 1. The van der Waals surface area contributed by atoms with Crippen LogP contribution in [0.25, 0.3) is 0 Å². The van der Waals surface area contributed by atoms with Crippen LogP contribution in [0.15, 0.2) is 70.4 Å². The molecule has 0 saturated carbocycles. The van der Waals surface area contributed by atoms with Gasteiger partial charge in [0.2, 0.25) is 0 Å². The van der Waals surface area contributed by atoms with Crippen LogP contribution >= 0.6 is 23.1 Å². The van der Waals surface area contributed by atoms with Gasteiger partial charge in [-0.3, -0.25) is 4.79 Å². The molecule has 144 valence electrons. The van der Waals surface area contributed by atoms with Gasteiger partial charge in [0.25, 0.3) is 5.91 Å². The molecule has 28 heavy (non-hydrogen) atoms. The van der Waals surface area contributed by atoms with Gasteiger partial charge in [-0.1, -0.05) is 30.3 Å². The number of aromatic nitrogens is 1. The Hall–Kier alpha value is -2.31. The van der Waals surface area contributed by atoms with Gasteiger partial charge in [0.1, 0.15) is 0 Å². The smallest absolute Gasteiger partial charge is 0.252 e. The van der Waals surface area contributed by atoms with Gasteiger partial charge < -0.3 is 10.2 Å². The molecular formula is C22H23N3OS2. The first-order valence-corrected chi connectivity index (χ1v) is 11.4. The number of nitrogens with zero attached hydrogens (tertiary/aromatic N) is 2. The minimum Gasteiger partial charge on any atom is -0.371 e. The summed E-state index contributed by atoms with van der Waals surface area (Å²) in [6, 6.07) is 18.3. The Balaban J connectivity index is 1.32. The number of carbonyl (C=O) groups excluding carboxylic acids is 1. The lowest BCUT2D eigenvalue weighted by molar-refractivity contribution is 0.0945. The lowest BCUT2D eigenvalue weighted by Crippen LogP contribution is -2.31. The zero-order valence-electron chi connectivity index (χ0n) is 15.6. The Bertz CT molecular complexity index is 899. The molecule has 2 aromatic carbocycles. The van der Waals surface area contributed by atoms with E-state index in [9.17, 15) is 4.79 Å². The van der Waals surface area contributed by atoms with Crippen molar-refractivity contribution in [1.82, 2.24) is 10.3 Å². The molecule has 1 aliphatic rings. The molecule has 1 atom stereocenters. The average molecular weight is 410 g/mol. The van der Waals surface area contributed by atoms with Gasteiger partial charge in [-0.25, -0.2) is 4.98 Å². The van der Waals surface area contributed by atoms with Gasteiger partial charge in [-0.05, 0) is 36.6 Å². The SMILES string of the molecule is O=C(NCC1CCN(c2ccccc2)C1)c1ccccc1SCc1cscn1. The Morgan fingerprint density at radius 3 is 2.82 bits per heavy atom. The molecule has 3 aromatic rings. The fourth-order valence-electron chi connectivity index (χ4n) is 3.45. The first-order chi connectivity index (χ1) is 13.8. The number of rotatable bonds is 7. The van der Waals surface area contributed by atoms with E-state index in [-0.39, 0.29) is 5.91 Å². The Morgan fingerprint density at radius 1 is 1.18 bits per heavy atom. The minimum atomic E-state index is 0.0135. The topological polar surface area (TPSA) is 45.2 Å². The minimum absolute atomic E-state index is 0.0135. The van der Waals surface area contributed by atoms with Crippen LogP contribution < -0.4 is 10.2 Å². The molecule has 1 aliphatic heterocycles. The number of para-hydroxylation sites is 1. The number of carbonyl (C=O) groups is 1. The molecule has 4 rings (SSSR count). The Labute approximate surface area is 174 Å². The summed E-state index contributed by atoms with van der Waals surface area (Å²) in [5.74, 6) is 1.28. The van der Waals surface area contributed by atoms with Crippen molar-refractivity contribution in [2.75, 3.05) is 24.5 Å². The van der Waals surface area contributed by atoms with E-state index in [2.05, 4.69) is 39.5 Å². The van der Waals surface area contributed by atoms with E-state index in [4.69, 9.17) is 0 Å². The lowest BCUT2D eigenvalue weighted by Gasteiger charge is -2.19.